The van der Waals surface area contributed by atoms with Gasteiger partial charge in [-0.2, -0.15) is 0 Å². The highest BCUT2D eigenvalue weighted by molar-refractivity contribution is 7.10. The van der Waals surface area contributed by atoms with Crippen molar-refractivity contribution in [3.05, 3.63) is 22.4 Å². The van der Waals surface area contributed by atoms with E-state index < -0.39 is 6.10 Å². The van der Waals surface area contributed by atoms with Gasteiger partial charge in [-0.15, -0.1) is 11.3 Å². The monoisotopic (exact) mass is 169 g/mol. The zero-order chi connectivity index (χ0) is 7.84. The molecule has 3 nitrogen and oxygen atoms in total. The topological polar surface area (TPSA) is 49.3 Å². The number of carbonyl (C=O) groups is 1. The molecule has 0 aliphatic carbocycles. The average molecular weight is 169 g/mol. The molecule has 1 aromatic heterocycles. The highest BCUT2D eigenvalue weighted by Crippen LogP contribution is 2.27. The van der Waals surface area contributed by atoms with E-state index in [0.717, 1.165) is 4.88 Å². The van der Waals surface area contributed by atoms with E-state index >= 15 is 0 Å². The Morgan fingerprint density at radius 1 is 1.64 bits per heavy atom. The number of amides is 1. The van der Waals surface area contributed by atoms with Crippen molar-refractivity contribution < 1.29 is 9.90 Å². The minimum Gasteiger partial charge on any atom is -0.381 e. The molecule has 0 bridgehead atoms. The number of aliphatic hydroxyl groups is 1. The Kier molecular flexibility index (Phi) is 1.44. The van der Waals surface area contributed by atoms with E-state index in [1.165, 1.54) is 11.3 Å². The zero-order valence-electron chi connectivity index (χ0n) is 5.65. The first-order valence-electron chi connectivity index (χ1n) is 3.31. The minimum atomic E-state index is -0.839. The lowest BCUT2D eigenvalue weighted by Crippen LogP contribution is -2.55. The summed E-state index contributed by atoms with van der Waals surface area (Å²) in [5.41, 5.74) is 0. The Morgan fingerprint density at radius 2 is 2.45 bits per heavy atom. The molecule has 0 aromatic carbocycles. The van der Waals surface area contributed by atoms with Crippen LogP contribution in [-0.2, 0) is 4.79 Å². The van der Waals surface area contributed by atoms with Crippen LogP contribution in [0.3, 0.4) is 0 Å². The fraction of sp³-hybridized carbons (Fsp3) is 0.286. The molecule has 11 heavy (non-hydrogen) atoms. The molecule has 1 aliphatic heterocycles. The summed E-state index contributed by atoms with van der Waals surface area (Å²) in [6.07, 6.45) is -0.839. The lowest BCUT2D eigenvalue weighted by atomic mass is 10.0. The lowest BCUT2D eigenvalue weighted by molar-refractivity contribution is -0.142. The molecule has 1 aromatic rings. The molecule has 1 fully saturated rings. The summed E-state index contributed by atoms with van der Waals surface area (Å²) in [6.45, 7) is 0. The van der Waals surface area contributed by atoms with Gasteiger partial charge in [0.1, 0.15) is 0 Å². The van der Waals surface area contributed by atoms with Gasteiger partial charge in [0.05, 0.1) is 6.04 Å². The summed E-state index contributed by atoms with van der Waals surface area (Å²) in [5.74, 6) is -0.275. The number of nitrogens with one attached hydrogen (secondary N) is 1. The molecule has 2 rings (SSSR count). The van der Waals surface area contributed by atoms with Gasteiger partial charge in [0.2, 0.25) is 0 Å². The molecule has 0 radical (unpaired) electrons. The summed E-state index contributed by atoms with van der Waals surface area (Å²) < 4.78 is 0. The van der Waals surface area contributed by atoms with E-state index in [-0.39, 0.29) is 11.9 Å². The van der Waals surface area contributed by atoms with Crippen LogP contribution in [0.4, 0.5) is 0 Å². The first-order valence-corrected chi connectivity index (χ1v) is 4.19. The quantitative estimate of drug-likeness (QED) is 0.593. The van der Waals surface area contributed by atoms with Gasteiger partial charge < -0.3 is 10.4 Å². The molecule has 0 saturated carbocycles. The molecular formula is C7H7NO2S. The highest BCUT2D eigenvalue weighted by Gasteiger charge is 2.38. The summed E-state index contributed by atoms with van der Waals surface area (Å²) in [5, 5.41) is 13.7. The van der Waals surface area contributed by atoms with E-state index in [4.69, 9.17) is 5.11 Å². The average Bonchev–Trinajstić information content (AvgIpc) is 2.51. The first kappa shape index (κ1) is 6.82. The predicted octanol–water partition coefficient (Wildman–Crippen LogP) is 0.280. The number of aliphatic hydroxyl groups excluding tert-OH is 1. The van der Waals surface area contributed by atoms with E-state index in [1.54, 1.807) is 0 Å². The highest BCUT2D eigenvalue weighted by atomic mass is 32.1. The first-order chi connectivity index (χ1) is 5.29. The number of thiophene rings is 1. The van der Waals surface area contributed by atoms with Gasteiger partial charge in [-0.25, -0.2) is 0 Å². The van der Waals surface area contributed by atoms with Gasteiger partial charge in [-0.05, 0) is 11.4 Å². The number of hydrogen-bond acceptors (Lipinski definition) is 3. The predicted molar refractivity (Wildman–Crippen MR) is 41.2 cm³/mol. The van der Waals surface area contributed by atoms with Crippen molar-refractivity contribution in [2.45, 2.75) is 12.1 Å². The third-order valence-electron chi connectivity index (χ3n) is 1.73. The second-order valence-corrected chi connectivity index (χ2v) is 3.43. The fourth-order valence-electron chi connectivity index (χ4n) is 1.07. The third kappa shape index (κ3) is 0.948. The lowest BCUT2D eigenvalue weighted by Gasteiger charge is -2.31. The van der Waals surface area contributed by atoms with E-state index in [1.807, 2.05) is 17.5 Å². The molecule has 4 heteroatoms. The maximum atomic E-state index is 10.6. The number of hydrogen-bond donors (Lipinski definition) is 2. The molecule has 2 heterocycles. The smallest absolute Gasteiger partial charge is 0.252 e. The van der Waals surface area contributed by atoms with Crippen LogP contribution in [0.15, 0.2) is 17.5 Å². The standard InChI is InChI=1S/C7H7NO2S/c9-6-5(8-7(6)10)4-2-1-3-11-4/h1-3,5-6,9H,(H,8,10)/t5-,6+/m0/s1. The van der Waals surface area contributed by atoms with Crippen molar-refractivity contribution in [3.8, 4) is 0 Å². The van der Waals surface area contributed by atoms with Crippen molar-refractivity contribution in [2.75, 3.05) is 0 Å². The summed E-state index contributed by atoms with van der Waals surface area (Å²) >= 11 is 1.54. The molecule has 2 N–H and O–H groups in total. The van der Waals surface area contributed by atoms with Crippen LogP contribution in [-0.4, -0.2) is 17.1 Å². The molecule has 1 saturated heterocycles. The van der Waals surface area contributed by atoms with Crippen LogP contribution in [0, 0.1) is 0 Å². The Labute approximate surface area is 67.7 Å². The van der Waals surface area contributed by atoms with Crippen molar-refractivity contribution in [2.24, 2.45) is 0 Å². The largest absolute Gasteiger partial charge is 0.381 e. The van der Waals surface area contributed by atoms with Crippen LogP contribution in [0.25, 0.3) is 0 Å². The fourth-order valence-corrected chi connectivity index (χ4v) is 1.87. The van der Waals surface area contributed by atoms with Crippen molar-refractivity contribution in [3.63, 3.8) is 0 Å². The number of carbonyl (C=O) groups excluding carboxylic acids is 1. The summed E-state index contributed by atoms with van der Waals surface area (Å²) in [6, 6.07) is 3.64. The Balaban J connectivity index is 2.15. The number of β-lactam (4-membered cyclic amide) rings is 1. The van der Waals surface area contributed by atoms with Crippen LogP contribution in [0.2, 0.25) is 0 Å². The molecule has 0 unspecified atom stereocenters. The Morgan fingerprint density at radius 3 is 2.91 bits per heavy atom. The van der Waals surface area contributed by atoms with Crippen LogP contribution in [0.1, 0.15) is 10.9 Å². The van der Waals surface area contributed by atoms with Crippen molar-refractivity contribution in [1.29, 1.82) is 0 Å². The Hall–Kier alpha value is -0.870. The molecule has 1 amide bonds. The van der Waals surface area contributed by atoms with Gasteiger partial charge in [0.25, 0.3) is 5.91 Å². The second-order valence-electron chi connectivity index (χ2n) is 2.45. The van der Waals surface area contributed by atoms with Crippen LogP contribution in [0.5, 0.6) is 0 Å². The van der Waals surface area contributed by atoms with Crippen LogP contribution < -0.4 is 5.32 Å². The SMILES string of the molecule is O=C1N[C@@H](c2cccs2)[C@H]1O. The normalized spacial score (nSPS) is 29.4. The maximum Gasteiger partial charge on any atom is 0.252 e. The second kappa shape index (κ2) is 2.32. The molecule has 2 atom stereocenters. The Bertz CT molecular complexity index is 270. The van der Waals surface area contributed by atoms with Crippen LogP contribution >= 0.6 is 11.3 Å². The molecular weight excluding hydrogens is 162 g/mol. The van der Waals surface area contributed by atoms with Gasteiger partial charge >= 0.3 is 0 Å². The van der Waals surface area contributed by atoms with Gasteiger partial charge in [0, 0.05) is 4.88 Å². The molecule has 0 spiro atoms. The van der Waals surface area contributed by atoms with E-state index in [0.29, 0.717) is 0 Å². The van der Waals surface area contributed by atoms with Gasteiger partial charge in [-0.3, -0.25) is 4.79 Å². The maximum absolute atomic E-state index is 10.6. The third-order valence-corrected chi connectivity index (χ3v) is 2.69. The van der Waals surface area contributed by atoms with Gasteiger partial charge in [-0.1, -0.05) is 6.07 Å². The molecule has 58 valence electrons. The van der Waals surface area contributed by atoms with Crippen molar-refractivity contribution in [1.82, 2.24) is 5.32 Å². The minimum absolute atomic E-state index is 0.164. The van der Waals surface area contributed by atoms with E-state index in [2.05, 4.69) is 5.32 Å². The summed E-state index contributed by atoms with van der Waals surface area (Å²) in [7, 11) is 0. The summed E-state index contributed by atoms with van der Waals surface area (Å²) in [4.78, 5) is 11.6. The zero-order valence-corrected chi connectivity index (χ0v) is 6.47. The molecule has 1 aliphatic rings. The van der Waals surface area contributed by atoms with Crippen molar-refractivity contribution >= 4 is 17.2 Å². The van der Waals surface area contributed by atoms with Gasteiger partial charge in [0.15, 0.2) is 6.10 Å². The van der Waals surface area contributed by atoms with E-state index in [9.17, 15) is 4.79 Å². The number of rotatable bonds is 1.